The van der Waals surface area contributed by atoms with Crippen LogP contribution in [-0.4, -0.2) is 16.2 Å². The largest absolute Gasteiger partial charge is 0.346 e. The Balaban J connectivity index is 1.53. The molecule has 0 fully saturated rings. The zero-order valence-electron chi connectivity index (χ0n) is 16.7. The molecule has 3 aromatic carbocycles. The van der Waals surface area contributed by atoms with Gasteiger partial charge in [-0.25, -0.2) is 0 Å². The first kappa shape index (κ1) is 19.8. The van der Waals surface area contributed by atoms with Gasteiger partial charge in [-0.05, 0) is 54.7 Å². The number of benzene rings is 3. The number of rotatable bonds is 5. The summed E-state index contributed by atoms with van der Waals surface area (Å²) in [4.78, 5) is 25.6. The van der Waals surface area contributed by atoms with Gasteiger partial charge in [-0.2, -0.15) is 4.37 Å². The van der Waals surface area contributed by atoms with Gasteiger partial charge in [0.25, 0.3) is 11.8 Å². The van der Waals surface area contributed by atoms with Crippen molar-refractivity contribution in [3.8, 4) is 0 Å². The number of nitrogens with one attached hydrogen (secondary N) is 2. The summed E-state index contributed by atoms with van der Waals surface area (Å²) in [6.07, 6.45) is 0. The molecule has 0 radical (unpaired) electrons. The number of carbonyl (C=O) groups is 2. The standard InChI is InChI=1S/C24H21N3O2S/c1-15-12-13-18(23(28)25-16(2)17-8-4-3-5-9-17)14-20(15)26-24(29)22-19-10-6-7-11-21(19)30-27-22/h3-14,16H,1-2H3,(H,25,28)(H,26,29)/t16-/m0/s1. The van der Waals surface area contributed by atoms with Crippen molar-refractivity contribution >= 4 is 39.1 Å². The first-order valence-electron chi connectivity index (χ1n) is 9.65. The second-order valence-corrected chi connectivity index (χ2v) is 7.92. The highest BCUT2D eigenvalue weighted by Gasteiger charge is 2.17. The third-order valence-corrected chi connectivity index (χ3v) is 5.81. The van der Waals surface area contributed by atoms with E-state index in [9.17, 15) is 9.59 Å². The van der Waals surface area contributed by atoms with Crippen LogP contribution in [0, 0.1) is 6.92 Å². The Kier molecular flexibility index (Phi) is 5.59. The molecule has 0 unspecified atom stereocenters. The SMILES string of the molecule is Cc1ccc(C(=O)N[C@@H](C)c2ccccc2)cc1NC(=O)c1nsc2ccccc12. The van der Waals surface area contributed by atoms with Crippen LogP contribution in [-0.2, 0) is 0 Å². The third kappa shape index (κ3) is 4.09. The summed E-state index contributed by atoms with van der Waals surface area (Å²) < 4.78 is 5.26. The second-order valence-electron chi connectivity index (χ2n) is 7.12. The number of hydrogen-bond acceptors (Lipinski definition) is 4. The van der Waals surface area contributed by atoms with Gasteiger partial charge in [0.05, 0.1) is 10.7 Å². The van der Waals surface area contributed by atoms with E-state index >= 15 is 0 Å². The number of amides is 2. The summed E-state index contributed by atoms with van der Waals surface area (Å²) in [7, 11) is 0. The Bertz CT molecular complexity index is 1220. The normalized spacial score (nSPS) is 11.8. The smallest absolute Gasteiger partial charge is 0.276 e. The molecule has 6 heteroatoms. The monoisotopic (exact) mass is 415 g/mol. The van der Waals surface area contributed by atoms with Gasteiger partial charge in [0.1, 0.15) is 5.69 Å². The zero-order valence-corrected chi connectivity index (χ0v) is 17.5. The predicted octanol–water partition coefficient (Wildman–Crippen LogP) is 5.35. The number of carbonyl (C=O) groups excluding carboxylic acids is 2. The number of aromatic nitrogens is 1. The Hall–Kier alpha value is -3.51. The maximum absolute atomic E-state index is 12.8. The van der Waals surface area contributed by atoms with Crippen LogP contribution >= 0.6 is 11.5 Å². The van der Waals surface area contributed by atoms with Crippen molar-refractivity contribution in [2.24, 2.45) is 0 Å². The summed E-state index contributed by atoms with van der Waals surface area (Å²) in [5, 5.41) is 6.73. The molecule has 1 atom stereocenters. The van der Waals surface area contributed by atoms with Crippen molar-refractivity contribution in [2.75, 3.05) is 5.32 Å². The predicted molar refractivity (Wildman–Crippen MR) is 121 cm³/mol. The van der Waals surface area contributed by atoms with E-state index in [4.69, 9.17) is 0 Å². The number of anilines is 1. The molecule has 150 valence electrons. The van der Waals surface area contributed by atoms with Crippen LogP contribution in [0.4, 0.5) is 5.69 Å². The lowest BCUT2D eigenvalue weighted by Crippen LogP contribution is -2.26. The van der Waals surface area contributed by atoms with Gasteiger partial charge in [-0.15, -0.1) is 0 Å². The average molecular weight is 416 g/mol. The summed E-state index contributed by atoms with van der Waals surface area (Å²) >= 11 is 1.29. The second kappa shape index (κ2) is 8.47. The van der Waals surface area contributed by atoms with E-state index < -0.39 is 0 Å². The Labute approximate surface area is 178 Å². The van der Waals surface area contributed by atoms with E-state index in [0.29, 0.717) is 16.9 Å². The maximum atomic E-state index is 12.8. The van der Waals surface area contributed by atoms with Crippen LogP contribution in [0.2, 0.25) is 0 Å². The van der Waals surface area contributed by atoms with Crippen LogP contribution in [0.15, 0.2) is 72.8 Å². The van der Waals surface area contributed by atoms with Crippen molar-refractivity contribution < 1.29 is 9.59 Å². The molecule has 2 amide bonds. The maximum Gasteiger partial charge on any atom is 0.276 e. The fourth-order valence-corrected chi connectivity index (χ4v) is 4.01. The van der Waals surface area contributed by atoms with E-state index in [2.05, 4.69) is 15.0 Å². The number of hydrogen-bond donors (Lipinski definition) is 2. The number of aryl methyl sites for hydroxylation is 1. The fourth-order valence-electron chi connectivity index (χ4n) is 3.23. The van der Waals surface area contributed by atoms with Crippen LogP contribution < -0.4 is 10.6 Å². The molecule has 5 nitrogen and oxygen atoms in total. The van der Waals surface area contributed by atoms with Crippen LogP contribution in [0.5, 0.6) is 0 Å². The molecule has 1 aromatic heterocycles. The molecule has 0 aliphatic heterocycles. The zero-order chi connectivity index (χ0) is 21.1. The van der Waals surface area contributed by atoms with Gasteiger partial charge in [-0.1, -0.05) is 54.6 Å². The highest BCUT2D eigenvalue weighted by atomic mass is 32.1. The lowest BCUT2D eigenvalue weighted by Gasteiger charge is -2.15. The molecular weight excluding hydrogens is 394 g/mol. The third-order valence-electron chi connectivity index (χ3n) is 4.99. The fraction of sp³-hybridized carbons (Fsp3) is 0.125. The molecule has 0 aliphatic rings. The van der Waals surface area contributed by atoms with Crippen LogP contribution in [0.25, 0.3) is 10.1 Å². The number of nitrogens with zero attached hydrogens (tertiary/aromatic N) is 1. The van der Waals surface area contributed by atoms with Gasteiger partial charge in [0, 0.05) is 16.6 Å². The van der Waals surface area contributed by atoms with Gasteiger partial charge in [-0.3, -0.25) is 9.59 Å². The van der Waals surface area contributed by atoms with Crippen molar-refractivity contribution in [3.05, 3.63) is 95.2 Å². The molecule has 0 bridgehead atoms. The van der Waals surface area contributed by atoms with E-state index in [0.717, 1.165) is 21.2 Å². The van der Waals surface area contributed by atoms with Crippen LogP contribution in [0.1, 0.15) is 44.9 Å². The van der Waals surface area contributed by atoms with Crippen molar-refractivity contribution in [1.29, 1.82) is 0 Å². The Morgan fingerprint density at radius 1 is 0.933 bits per heavy atom. The van der Waals surface area contributed by atoms with Gasteiger partial charge in [0.15, 0.2) is 0 Å². The minimum absolute atomic E-state index is 0.126. The molecule has 4 aromatic rings. The topological polar surface area (TPSA) is 71.1 Å². The van der Waals surface area contributed by atoms with Gasteiger partial charge in [0.2, 0.25) is 0 Å². The summed E-state index contributed by atoms with van der Waals surface area (Å²) in [6.45, 7) is 3.83. The van der Waals surface area contributed by atoms with Gasteiger partial charge < -0.3 is 10.6 Å². The lowest BCUT2D eigenvalue weighted by atomic mass is 10.1. The highest BCUT2D eigenvalue weighted by molar-refractivity contribution is 7.13. The average Bonchev–Trinajstić information content (AvgIpc) is 3.20. The summed E-state index contributed by atoms with van der Waals surface area (Å²) in [6, 6.07) is 22.6. The first-order chi connectivity index (χ1) is 14.5. The molecule has 30 heavy (non-hydrogen) atoms. The molecule has 2 N–H and O–H groups in total. The van der Waals surface area contributed by atoms with Gasteiger partial charge >= 0.3 is 0 Å². The highest BCUT2D eigenvalue weighted by Crippen LogP contribution is 2.24. The Morgan fingerprint density at radius 3 is 2.47 bits per heavy atom. The van der Waals surface area contributed by atoms with E-state index in [1.54, 1.807) is 12.1 Å². The molecule has 0 aliphatic carbocycles. The first-order valence-corrected chi connectivity index (χ1v) is 10.4. The van der Waals surface area contributed by atoms with E-state index in [-0.39, 0.29) is 17.9 Å². The minimum atomic E-state index is -0.286. The number of fused-ring (bicyclic) bond motifs is 1. The molecule has 4 rings (SSSR count). The van der Waals surface area contributed by atoms with Crippen LogP contribution in [0.3, 0.4) is 0 Å². The lowest BCUT2D eigenvalue weighted by molar-refractivity contribution is 0.0938. The quantitative estimate of drug-likeness (QED) is 0.462. The molecule has 0 saturated heterocycles. The summed E-state index contributed by atoms with van der Waals surface area (Å²) in [5.41, 5.74) is 3.37. The molecule has 0 spiro atoms. The van der Waals surface area contributed by atoms with E-state index in [1.165, 1.54) is 11.5 Å². The van der Waals surface area contributed by atoms with Crippen molar-refractivity contribution in [3.63, 3.8) is 0 Å². The molecule has 1 heterocycles. The molecular formula is C24H21N3O2S. The van der Waals surface area contributed by atoms with E-state index in [1.807, 2.05) is 74.5 Å². The van der Waals surface area contributed by atoms with Crippen molar-refractivity contribution in [2.45, 2.75) is 19.9 Å². The summed E-state index contributed by atoms with van der Waals surface area (Å²) in [5.74, 6) is -0.480. The Morgan fingerprint density at radius 2 is 1.67 bits per heavy atom. The minimum Gasteiger partial charge on any atom is -0.346 e. The molecule has 0 saturated carbocycles. The van der Waals surface area contributed by atoms with Crippen molar-refractivity contribution in [1.82, 2.24) is 9.69 Å².